The van der Waals surface area contributed by atoms with Gasteiger partial charge >= 0.3 is 0 Å². The van der Waals surface area contributed by atoms with Crippen molar-refractivity contribution in [1.82, 2.24) is 0 Å². The first-order valence-corrected chi connectivity index (χ1v) is 6.38. The fourth-order valence-corrected chi connectivity index (χ4v) is 2.23. The highest BCUT2D eigenvalue weighted by Gasteiger charge is 2.11. The van der Waals surface area contributed by atoms with Crippen molar-refractivity contribution < 1.29 is 4.39 Å². The van der Waals surface area contributed by atoms with E-state index in [4.69, 9.17) is 0 Å². The molecule has 1 unspecified atom stereocenters. The standard InChI is InChI=1S/C15H11BrFN/c16-14-3-1-2-12(9-14)13(10-18)8-11-4-6-15(17)7-5-11/h1-7,9,13H,8H2. The Labute approximate surface area is 114 Å². The molecule has 1 nitrogen and oxygen atoms in total. The van der Waals surface area contributed by atoms with Crippen molar-refractivity contribution in [2.24, 2.45) is 0 Å². The molecule has 1 atom stereocenters. The second-order valence-corrected chi connectivity index (χ2v) is 4.98. The van der Waals surface area contributed by atoms with E-state index in [1.54, 1.807) is 12.1 Å². The minimum Gasteiger partial charge on any atom is -0.207 e. The van der Waals surface area contributed by atoms with E-state index in [0.29, 0.717) is 6.42 Å². The summed E-state index contributed by atoms with van der Waals surface area (Å²) in [5.41, 5.74) is 1.93. The first-order valence-electron chi connectivity index (χ1n) is 5.58. The third kappa shape index (κ3) is 3.18. The molecule has 3 heteroatoms. The van der Waals surface area contributed by atoms with Crippen molar-refractivity contribution in [3.8, 4) is 6.07 Å². The Morgan fingerprint density at radius 3 is 2.50 bits per heavy atom. The maximum Gasteiger partial charge on any atom is 0.123 e. The van der Waals surface area contributed by atoms with Gasteiger partial charge in [0, 0.05) is 4.47 Å². The Morgan fingerprint density at radius 1 is 1.17 bits per heavy atom. The zero-order valence-electron chi connectivity index (χ0n) is 9.61. The van der Waals surface area contributed by atoms with Crippen LogP contribution in [0.1, 0.15) is 17.0 Å². The van der Waals surface area contributed by atoms with Gasteiger partial charge in [0.05, 0.1) is 12.0 Å². The Kier molecular flexibility index (Phi) is 4.11. The van der Waals surface area contributed by atoms with Crippen LogP contribution >= 0.6 is 15.9 Å². The molecule has 2 aromatic carbocycles. The Bertz CT molecular complexity index is 572. The van der Waals surface area contributed by atoms with Crippen molar-refractivity contribution in [1.29, 1.82) is 5.26 Å². The van der Waals surface area contributed by atoms with Gasteiger partial charge in [-0.2, -0.15) is 5.26 Å². The zero-order chi connectivity index (χ0) is 13.0. The van der Waals surface area contributed by atoms with E-state index in [2.05, 4.69) is 22.0 Å². The second kappa shape index (κ2) is 5.79. The van der Waals surface area contributed by atoms with E-state index < -0.39 is 0 Å². The number of rotatable bonds is 3. The third-order valence-electron chi connectivity index (χ3n) is 2.76. The lowest BCUT2D eigenvalue weighted by Gasteiger charge is -2.10. The fraction of sp³-hybridized carbons (Fsp3) is 0.133. The van der Waals surface area contributed by atoms with E-state index >= 15 is 0 Å². The van der Waals surface area contributed by atoms with Crippen LogP contribution in [-0.2, 0) is 6.42 Å². The van der Waals surface area contributed by atoms with Gasteiger partial charge in [-0.05, 0) is 41.8 Å². The SMILES string of the molecule is N#CC(Cc1ccc(F)cc1)c1cccc(Br)c1. The topological polar surface area (TPSA) is 23.8 Å². The Hall–Kier alpha value is -1.66. The minimum atomic E-state index is -0.255. The van der Waals surface area contributed by atoms with Crippen molar-refractivity contribution in [2.75, 3.05) is 0 Å². The largest absolute Gasteiger partial charge is 0.207 e. The van der Waals surface area contributed by atoms with Crippen molar-refractivity contribution in [3.05, 3.63) is 69.9 Å². The first-order chi connectivity index (χ1) is 8.69. The highest BCUT2D eigenvalue weighted by atomic mass is 79.9. The molecule has 90 valence electrons. The van der Waals surface area contributed by atoms with Gasteiger partial charge in [0.2, 0.25) is 0 Å². The van der Waals surface area contributed by atoms with Crippen LogP contribution in [0.3, 0.4) is 0 Å². The molecule has 0 saturated carbocycles. The van der Waals surface area contributed by atoms with Gasteiger partial charge in [0.15, 0.2) is 0 Å². The van der Waals surface area contributed by atoms with Gasteiger partial charge < -0.3 is 0 Å². The lowest BCUT2D eigenvalue weighted by molar-refractivity contribution is 0.626. The van der Waals surface area contributed by atoms with Crippen LogP contribution in [0.2, 0.25) is 0 Å². The van der Waals surface area contributed by atoms with Crippen LogP contribution < -0.4 is 0 Å². The summed E-state index contributed by atoms with van der Waals surface area (Å²) in [7, 11) is 0. The lowest BCUT2D eigenvalue weighted by atomic mass is 9.93. The summed E-state index contributed by atoms with van der Waals surface area (Å²) in [5, 5.41) is 9.25. The smallest absolute Gasteiger partial charge is 0.123 e. The van der Waals surface area contributed by atoms with E-state index in [9.17, 15) is 9.65 Å². The van der Waals surface area contributed by atoms with Crippen LogP contribution in [0, 0.1) is 17.1 Å². The van der Waals surface area contributed by atoms with Crippen LogP contribution in [0.25, 0.3) is 0 Å². The molecular weight excluding hydrogens is 293 g/mol. The van der Waals surface area contributed by atoms with Gasteiger partial charge in [-0.25, -0.2) is 4.39 Å². The molecule has 0 bridgehead atoms. The molecule has 18 heavy (non-hydrogen) atoms. The molecule has 0 aromatic heterocycles. The number of nitriles is 1. The van der Waals surface area contributed by atoms with E-state index in [-0.39, 0.29) is 11.7 Å². The van der Waals surface area contributed by atoms with Gasteiger partial charge in [-0.15, -0.1) is 0 Å². The maximum absolute atomic E-state index is 12.8. The number of hydrogen-bond acceptors (Lipinski definition) is 1. The summed E-state index contributed by atoms with van der Waals surface area (Å²) in [6.07, 6.45) is 0.591. The monoisotopic (exact) mass is 303 g/mol. The van der Waals surface area contributed by atoms with Gasteiger partial charge in [0.1, 0.15) is 5.82 Å². The molecule has 0 heterocycles. The first kappa shape index (κ1) is 12.8. The van der Waals surface area contributed by atoms with Crippen molar-refractivity contribution in [2.45, 2.75) is 12.3 Å². The molecule has 2 aromatic rings. The molecule has 0 aliphatic carbocycles. The minimum absolute atomic E-state index is 0.215. The molecule has 0 spiro atoms. The molecule has 0 fully saturated rings. The predicted molar refractivity (Wildman–Crippen MR) is 72.6 cm³/mol. The predicted octanol–water partition coefficient (Wildman–Crippen LogP) is 4.44. The summed E-state index contributed by atoms with van der Waals surface area (Å²) in [4.78, 5) is 0. The normalized spacial score (nSPS) is 11.8. The van der Waals surface area contributed by atoms with Crippen molar-refractivity contribution in [3.63, 3.8) is 0 Å². The quantitative estimate of drug-likeness (QED) is 0.822. The molecule has 0 aliphatic heterocycles. The van der Waals surface area contributed by atoms with Crippen LogP contribution in [0.5, 0.6) is 0 Å². The van der Waals surface area contributed by atoms with Crippen LogP contribution in [0.15, 0.2) is 53.0 Å². The van der Waals surface area contributed by atoms with Crippen LogP contribution in [0.4, 0.5) is 4.39 Å². The van der Waals surface area contributed by atoms with Crippen molar-refractivity contribution >= 4 is 15.9 Å². The molecule has 0 N–H and O–H groups in total. The molecule has 0 saturated heterocycles. The van der Waals surface area contributed by atoms with E-state index in [0.717, 1.165) is 15.6 Å². The van der Waals surface area contributed by atoms with E-state index in [1.165, 1.54) is 12.1 Å². The number of benzene rings is 2. The lowest BCUT2D eigenvalue weighted by Crippen LogP contribution is -2.00. The molecular formula is C15H11BrFN. The van der Waals surface area contributed by atoms with Gasteiger partial charge in [0.25, 0.3) is 0 Å². The van der Waals surface area contributed by atoms with Crippen LogP contribution in [-0.4, -0.2) is 0 Å². The average Bonchev–Trinajstić information content (AvgIpc) is 2.38. The molecule has 2 rings (SSSR count). The van der Waals surface area contributed by atoms with Gasteiger partial charge in [-0.1, -0.05) is 40.2 Å². The summed E-state index contributed by atoms with van der Waals surface area (Å²) in [6, 6.07) is 16.3. The average molecular weight is 304 g/mol. The third-order valence-corrected chi connectivity index (χ3v) is 3.25. The second-order valence-electron chi connectivity index (χ2n) is 4.07. The highest BCUT2D eigenvalue weighted by Crippen LogP contribution is 2.23. The molecule has 0 aliphatic rings. The summed E-state index contributed by atoms with van der Waals surface area (Å²) in [6.45, 7) is 0. The highest BCUT2D eigenvalue weighted by molar-refractivity contribution is 9.10. The number of halogens is 2. The molecule has 0 radical (unpaired) electrons. The Morgan fingerprint density at radius 2 is 1.89 bits per heavy atom. The Balaban J connectivity index is 2.20. The summed E-state index contributed by atoms with van der Waals surface area (Å²) in [5.74, 6) is -0.470. The zero-order valence-corrected chi connectivity index (χ0v) is 11.2. The number of nitrogens with zero attached hydrogens (tertiary/aromatic N) is 1. The fourth-order valence-electron chi connectivity index (χ4n) is 1.82. The van der Waals surface area contributed by atoms with E-state index in [1.807, 2.05) is 24.3 Å². The summed E-state index contributed by atoms with van der Waals surface area (Å²) >= 11 is 3.40. The maximum atomic E-state index is 12.8. The number of hydrogen-bond donors (Lipinski definition) is 0. The summed E-state index contributed by atoms with van der Waals surface area (Å²) < 4.78 is 13.8. The van der Waals surface area contributed by atoms with Gasteiger partial charge in [-0.3, -0.25) is 0 Å². The molecule has 0 amide bonds.